The summed E-state index contributed by atoms with van der Waals surface area (Å²) in [6.45, 7) is 0.465. The minimum absolute atomic E-state index is 0.0263. The molecule has 0 aliphatic heterocycles. The topological polar surface area (TPSA) is 92.1 Å². The minimum atomic E-state index is -0.355. The van der Waals surface area contributed by atoms with Crippen molar-refractivity contribution in [3.8, 4) is 0 Å². The summed E-state index contributed by atoms with van der Waals surface area (Å²) in [5.41, 5.74) is 4.99. The second-order valence-electron chi connectivity index (χ2n) is 3.55. The Morgan fingerprint density at radius 3 is 2.94 bits per heavy atom. The molecule has 0 atom stereocenters. The molecule has 0 spiro atoms. The van der Waals surface area contributed by atoms with E-state index >= 15 is 0 Å². The number of aromatic amines is 1. The fraction of sp³-hybridized carbons (Fsp3) is 0.500. The smallest absolute Gasteiger partial charge is 0.227 e. The van der Waals surface area contributed by atoms with Crippen LogP contribution in [0.4, 0.5) is 0 Å². The lowest BCUT2D eigenvalue weighted by molar-refractivity contribution is -0.130. The van der Waals surface area contributed by atoms with Gasteiger partial charge in [-0.2, -0.15) is 11.8 Å². The first kappa shape index (κ1) is 13.6. The third kappa shape index (κ3) is 5.39. The summed E-state index contributed by atoms with van der Waals surface area (Å²) in [5, 5.41) is 0. The highest BCUT2D eigenvalue weighted by Crippen LogP contribution is 2.05. The van der Waals surface area contributed by atoms with Gasteiger partial charge < -0.3 is 15.6 Å². The van der Waals surface area contributed by atoms with Crippen LogP contribution in [-0.2, 0) is 16.1 Å². The molecule has 1 aromatic heterocycles. The zero-order valence-corrected chi connectivity index (χ0v) is 10.5. The second kappa shape index (κ2) is 6.95. The Balaban J connectivity index is 2.20. The maximum absolute atomic E-state index is 11.7. The van der Waals surface area contributed by atoms with Gasteiger partial charge in [0.15, 0.2) is 0 Å². The van der Waals surface area contributed by atoms with E-state index in [2.05, 4.69) is 9.97 Å². The zero-order chi connectivity index (χ0) is 12.7. The number of thioether (sulfide) groups is 1. The van der Waals surface area contributed by atoms with Gasteiger partial charge in [0, 0.05) is 31.6 Å². The molecule has 3 N–H and O–H groups in total. The maximum Gasteiger partial charge on any atom is 0.227 e. The summed E-state index contributed by atoms with van der Waals surface area (Å²) in [6, 6.07) is 0. The van der Waals surface area contributed by atoms with E-state index in [1.807, 2.05) is 0 Å². The lowest BCUT2D eigenvalue weighted by Crippen LogP contribution is -2.27. The van der Waals surface area contributed by atoms with Crippen molar-refractivity contribution in [3.63, 3.8) is 0 Å². The molecule has 2 amide bonds. The molecule has 6 nitrogen and oxygen atoms in total. The third-order valence-electron chi connectivity index (χ3n) is 2.07. The fourth-order valence-electron chi connectivity index (χ4n) is 1.22. The number of nitrogens with one attached hydrogen (secondary N) is 1. The number of carbonyl (C=O) groups is 2. The Labute approximate surface area is 104 Å². The molecule has 1 rings (SSSR count). The van der Waals surface area contributed by atoms with Crippen LogP contribution < -0.4 is 5.73 Å². The first-order valence-corrected chi connectivity index (χ1v) is 6.33. The van der Waals surface area contributed by atoms with Crippen LogP contribution in [0, 0.1) is 0 Å². The summed E-state index contributed by atoms with van der Waals surface area (Å²) >= 11 is 1.37. The average Bonchev–Trinajstić information content (AvgIpc) is 2.76. The van der Waals surface area contributed by atoms with Gasteiger partial charge in [-0.3, -0.25) is 9.59 Å². The fourth-order valence-corrected chi connectivity index (χ4v) is 1.88. The predicted molar refractivity (Wildman–Crippen MR) is 66.2 cm³/mol. The Kier molecular flexibility index (Phi) is 5.55. The minimum Gasteiger partial charge on any atom is -0.369 e. The quantitative estimate of drug-likeness (QED) is 0.670. The van der Waals surface area contributed by atoms with Crippen LogP contribution in [-0.4, -0.2) is 45.2 Å². The highest BCUT2D eigenvalue weighted by molar-refractivity contribution is 7.99. The maximum atomic E-state index is 11.7. The van der Waals surface area contributed by atoms with Crippen molar-refractivity contribution >= 4 is 23.6 Å². The van der Waals surface area contributed by atoms with Crippen LogP contribution in [0.2, 0.25) is 0 Å². The Bertz CT molecular complexity index is 366. The van der Waals surface area contributed by atoms with E-state index < -0.39 is 0 Å². The van der Waals surface area contributed by atoms with Gasteiger partial charge in [-0.15, -0.1) is 0 Å². The summed E-state index contributed by atoms with van der Waals surface area (Å²) in [4.78, 5) is 30.7. The Hall–Kier alpha value is -1.50. The molecule has 94 valence electrons. The van der Waals surface area contributed by atoms with Gasteiger partial charge in [0.05, 0.1) is 12.3 Å². The van der Waals surface area contributed by atoms with Gasteiger partial charge in [-0.25, -0.2) is 4.98 Å². The molecule has 1 heterocycles. The van der Waals surface area contributed by atoms with Crippen molar-refractivity contribution in [2.75, 3.05) is 18.6 Å². The molecule has 0 saturated heterocycles. The zero-order valence-electron chi connectivity index (χ0n) is 9.68. The Morgan fingerprint density at radius 2 is 2.35 bits per heavy atom. The standard InChI is InChI=1S/C10H16N4O2S/c1-14(6-9-12-3-4-13-9)10(16)2-5-17-7-8(11)15/h3-4H,2,5-7H2,1H3,(H2,11,15)(H,12,13). The normalized spacial score (nSPS) is 10.2. The second-order valence-corrected chi connectivity index (χ2v) is 4.66. The molecule has 0 unspecified atom stereocenters. The number of aromatic nitrogens is 2. The third-order valence-corrected chi connectivity index (χ3v) is 3.05. The monoisotopic (exact) mass is 256 g/mol. The number of hydrogen-bond acceptors (Lipinski definition) is 4. The molecule has 1 aromatic rings. The van der Waals surface area contributed by atoms with E-state index in [0.717, 1.165) is 5.82 Å². The van der Waals surface area contributed by atoms with Gasteiger partial charge in [-0.1, -0.05) is 0 Å². The van der Waals surface area contributed by atoms with Crippen molar-refractivity contribution in [2.45, 2.75) is 13.0 Å². The van der Waals surface area contributed by atoms with E-state index in [0.29, 0.717) is 18.7 Å². The summed E-state index contributed by atoms with van der Waals surface area (Å²) in [7, 11) is 1.73. The summed E-state index contributed by atoms with van der Waals surface area (Å²) < 4.78 is 0. The number of hydrogen-bond donors (Lipinski definition) is 2. The molecule has 0 aromatic carbocycles. The van der Waals surface area contributed by atoms with Crippen molar-refractivity contribution < 1.29 is 9.59 Å². The van der Waals surface area contributed by atoms with Crippen LogP contribution in [0.3, 0.4) is 0 Å². The Morgan fingerprint density at radius 1 is 1.59 bits per heavy atom. The van der Waals surface area contributed by atoms with Gasteiger partial charge >= 0.3 is 0 Å². The highest BCUT2D eigenvalue weighted by Gasteiger charge is 2.10. The molecular formula is C10H16N4O2S. The molecule has 0 aliphatic rings. The summed E-state index contributed by atoms with van der Waals surface area (Å²) in [5.74, 6) is 1.29. The van der Waals surface area contributed by atoms with Gasteiger partial charge in [0.25, 0.3) is 0 Å². The molecule has 0 radical (unpaired) electrons. The number of amides is 2. The van der Waals surface area contributed by atoms with E-state index in [4.69, 9.17) is 5.73 Å². The van der Waals surface area contributed by atoms with Gasteiger partial charge in [-0.05, 0) is 0 Å². The number of carbonyl (C=O) groups excluding carboxylic acids is 2. The van der Waals surface area contributed by atoms with E-state index in [9.17, 15) is 9.59 Å². The molecule has 17 heavy (non-hydrogen) atoms. The number of nitrogens with zero attached hydrogens (tertiary/aromatic N) is 2. The largest absolute Gasteiger partial charge is 0.369 e. The summed E-state index contributed by atoms with van der Waals surface area (Å²) in [6.07, 6.45) is 3.77. The van der Waals surface area contributed by atoms with Crippen LogP contribution in [0.15, 0.2) is 12.4 Å². The lowest BCUT2D eigenvalue weighted by Gasteiger charge is -2.15. The van der Waals surface area contributed by atoms with Crippen LogP contribution >= 0.6 is 11.8 Å². The van der Waals surface area contributed by atoms with E-state index in [1.54, 1.807) is 24.3 Å². The predicted octanol–water partition coefficient (Wildman–Crippen LogP) is -0.0233. The van der Waals surface area contributed by atoms with Crippen LogP contribution in [0.5, 0.6) is 0 Å². The van der Waals surface area contributed by atoms with Crippen molar-refractivity contribution in [1.82, 2.24) is 14.9 Å². The first-order valence-electron chi connectivity index (χ1n) is 5.18. The lowest BCUT2D eigenvalue weighted by atomic mass is 10.4. The van der Waals surface area contributed by atoms with Crippen molar-refractivity contribution in [3.05, 3.63) is 18.2 Å². The molecule has 0 bridgehead atoms. The van der Waals surface area contributed by atoms with Crippen molar-refractivity contribution in [1.29, 1.82) is 0 Å². The molecule has 7 heteroatoms. The van der Waals surface area contributed by atoms with E-state index in [-0.39, 0.29) is 17.6 Å². The molecule has 0 fully saturated rings. The first-order chi connectivity index (χ1) is 8.09. The number of primary amides is 1. The molecule has 0 saturated carbocycles. The van der Waals surface area contributed by atoms with Crippen LogP contribution in [0.1, 0.15) is 12.2 Å². The van der Waals surface area contributed by atoms with E-state index in [1.165, 1.54) is 11.8 Å². The number of rotatable bonds is 7. The molecule has 0 aliphatic carbocycles. The van der Waals surface area contributed by atoms with Crippen molar-refractivity contribution in [2.24, 2.45) is 5.73 Å². The number of imidazole rings is 1. The van der Waals surface area contributed by atoms with Gasteiger partial charge in [0.1, 0.15) is 5.82 Å². The SMILES string of the molecule is CN(Cc1ncc[nH]1)C(=O)CCSCC(N)=O. The average molecular weight is 256 g/mol. The van der Waals surface area contributed by atoms with Gasteiger partial charge in [0.2, 0.25) is 11.8 Å². The number of nitrogens with two attached hydrogens (primary N) is 1. The highest BCUT2D eigenvalue weighted by atomic mass is 32.2. The molecular weight excluding hydrogens is 240 g/mol. The number of H-pyrrole nitrogens is 1. The van der Waals surface area contributed by atoms with Crippen LogP contribution in [0.25, 0.3) is 0 Å².